The normalized spacial score (nSPS) is 19.7. The quantitative estimate of drug-likeness (QED) is 0.129. The van der Waals surface area contributed by atoms with E-state index in [1.807, 2.05) is 0 Å². The Hall–Kier alpha value is -5.06. The third kappa shape index (κ3) is 8.51. The van der Waals surface area contributed by atoms with Crippen LogP contribution in [0, 0.1) is 0 Å². The van der Waals surface area contributed by atoms with Gasteiger partial charge in [-0.2, -0.15) is 36.5 Å². The summed E-state index contributed by atoms with van der Waals surface area (Å²) in [5, 5.41) is 29.9. The molecule has 0 fully saturated rings. The molecule has 6 rings (SSSR count). The Morgan fingerprint density at radius 3 is 1.53 bits per heavy atom. The number of esters is 1. The van der Waals surface area contributed by atoms with Crippen molar-refractivity contribution in [3.63, 3.8) is 0 Å². The van der Waals surface area contributed by atoms with Gasteiger partial charge in [-0.25, -0.2) is 19.0 Å². The van der Waals surface area contributed by atoms with Gasteiger partial charge in [0, 0.05) is 19.4 Å². The van der Waals surface area contributed by atoms with E-state index >= 15 is 0 Å². The van der Waals surface area contributed by atoms with Crippen LogP contribution >= 0.6 is 0 Å². The maximum atomic E-state index is 13.5. The molecule has 2 aromatic heterocycles. The molecule has 0 amide bonds. The number of aliphatic hydroxyl groups is 1. The minimum Gasteiger partial charge on any atom is -0.477 e. The van der Waals surface area contributed by atoms with Crippen molar-refractivity contribution in [2.45, 2.75) is 63.2 Å². The topological polar surface area (TPSA) is 144 Å². The Balaban J connectivity index is 0.000000205. The molecule has 2 aromatic carbocycles. The molecule has 4 aromatic rings. The number of hydrogen-bond donors (Lipinski definition) is 4. The fraction of sp³-hybridized carbons (Fsp3) is 0.375. The fourth-order valence-electron chi connectivity index (χ4n) is 5.45. The van der Waals surface area contributed by atoms with E-state index in [0.717, 1.165) is 17.1 Å². The first-order valence-electron chi connectivity index (χ1n) is 15.1. The van der Waals surface area contributed by atoms with Crippen molar-refractivity contribution >= 4 is 23.6 Å². The molecular weight excluding hydrogens is 662 g/mol. The van der Waals surface area contributed by atoms with Gasteiger partial charge in [-0.15, -0.1) is 0 Å². The number of anilines is 2. The highest BCUT2D eigenvalue weighted by Crippen LogP contribution is 2.45. The summed E-state index contributed by atoms with van der Waals surface area (Å²) in [7, 11) is 0. The first-order valence-corrected chi connectivity index (χ1v) is 15.1. The van der Waals surface area contributed by atoms with Crippen molar-refractivity contribution in [1.82, 2.24) is 19.6 Å². The van der Waals surface area contributed by atoms with Gasteiger partial charge in [0.05, 0.1) is 31.1 Å². The lowest BCUT2D eigenvalue weighted by Gasteiger charge is -2.33. The number of aliphatic hydroxyl groups excluding tert-OH is 1. The standard InChI is InChI=1S/C16H16F3N3O2.C14H12F3N3O2.C2H6O/c1-2-24-15(23)11-9-20-22-13(16(17,18)19)8-12(21-14(11)22)10-6-4-3-5-7-10;15-14(16,17)11-6-10(8-4-2-1-3-5-8)19-12-9(13(21)22)7-18-20(11)12;1-2-3/h3-7,9,12-13,21H,2,8H2,1H3;1-5,7,10-11,19H,6H2,(H,21,22);3H,2H2,1H3. The van der Waals surface area contributed by atoms with Gasteiger partial charge in [-0.3, -0.25) is 0 Å². The zero-order valence-corrected chi connectivity index (χ0v) is 26.2. The van der Waals surface area contributed by atoms with Crippen molar-refractivity contribution in [2.24, 2.45) is 0 Å². The summed E-state index contributed by atoms with van der Waals surface area (Å²) in [6, 6.07) is 12.6. The van der Waals surface area contributed by atoms with Gasteiger partial charge in [0.1, 0.15) is 22.8 Å². The van der Waals surface area contributed by atoms with Gasteiger partial charge >= 0.3 is 24.3 Å². The molecule has 4 atom stereocenters. The van der Waals surface area contributed by atoms with Gasteiger partial charge in [-0.1, -0.05) is 60.7 Å². The summed E-state index contributed by atoms with van der Waals surface area (Å²) in [5.41, 5.74) is 1.12. The zero-order chi connectivity index (χ0) is 35.9. The molecule has 4 unspecified atom stereocenters. The number of ether oxygens (including phenoxy) is 1. The summed E-state index contributed by atoms with van der Waals surface area (Å²) < 4.78 is 86.7. The van der Waals surface area contributed by atoms with Crippen LogP contribution in [0.15, 0.2) is 73.1 Å². The van der Waals surface area contributed by atoms with Crippen LogP contribution < -0.4 is 10.6 Å². The Labute approximate surface area is 276 Å². The van der Waals surface area contributed by atoms with Crippen LogP contribution in [0.4, 0.5) is 38.0 Å². The van der Waals surface area contributed by atoms with Crippen LogP contribution in [0.1, 0.15) is 82.7 Å². The molecule has 2 aliphatic rings. The number of carbonyl (C=O) groups excluding carboxylic acids is 1. The molecule has 2 aliphatic heterocycles. The molecule has 4 heterocycles. The number of fused-ring (bicyclic) bond motifs is 2. The molecule has 4 N–H and O–H groups in total. The van der Waals surface area contributed by atoms with Gasteiger partial charge < -0.3 is 25.6 Å². The van der Waals surface area contributed by atoms with Crippen molar-refractivity contribution in [3.05, 3.63) is 95.3 Å². The highest BCUT2D eigenvalue weighted by molar-refractivity contribution is 5.95. The van der Waals surface area contributed by atoms with Crippen LogP contribution in [0.3, 0.4) is 0 Å². The minimum atomic E-state index is -4.51. The number of benzene rings is 2. The minimum absolute atomic E-state index is 0.00623. The van der Waals surface area contributed by atoms with Crippen LogP contribution in [0.5, 0.6) is 0 Å². The lowest BCUT2D eigenvalue weighted by atomic mass is 9.96. The van der Waals surface area contributed by atoms with Crippen LogP contribution in [0.2, 0.25) is 0 Å². The number of carbonyl (C=O) groups is 2. The van der Waals surface area contributed by atoms with Crippen LogP contribution in [-0.2, 0) is 4.74 Å². The zero-order valence-electron chi connectivity index (χ0n) is 26.2. The maximum absolute atomic E-state index is 13.5. The number of nitrogens with one attached hydrogen (secondary N) is 2. The third-order valence-electron chi connectivity index (χ3n) is 7.61. The summed E-state index contributed by atoms with van der Waals surface area (Å²) in [4.78, 5) is 23.1. The molecule has 0 spiro atoms. The molecule has 0 aliphatic carbocycles. The van der Waals surface area contributed by atoms with E-state index in [-0.39, 0.29) is 48.8 Å². The number of carboxylic acids is 1. The second kappa shape index (κ2) is 15.4. The van der Waals surface area contributed by atoms with Gasteiger partial charge in [0.2, 0.25) is 0 Å². The summed E-state index contributed by atoms with van der Waals surface area (Å²) in [5.74, 6) is -2.09. The predicted octanol–water partition coefficient (Wildman–Crippen LogP) is 6.96. The molecule has 0 saturated heterocycles. The number of aromatic nitrogens is 4. The van der Waals surface area contributed by atoms with E-state index in [0.29, 0.717) is 15.8 Å². The first-order chi connectivity index (χ1) is 23.2. The number of aromatic carboxylic acids is 1. The largest absolute Gasteiger partial charge is 0.477 e. The van der Waals surface area contributed by atoms with Crippen molar-refractivity contribution < 1.29 is 50.9 Å². The molecule has 11 nitrogen and oxygen atoms in total. The van der Waals surface area contributed by atoms with E-state index in [1.54, 1.807) is 74.5 Å². The Bertz CT molecular complexity index is 1690. The van der Waals surface area contributed by atoms with Crippen LogP contribution in [-0.4, -0.2) is 67.3 Å². The lowest BCUT2D eigenvalue weighted by molar-refractivity contribution is -0.174. The summed E-state index contributed by atoms with van der Waals surface area (Å²) in [6.07, 6.45) is -7.37. The van der Waals surface area contributed by atoms with E-state index in [4.69, 9.17) is 14.9 Å². The predicted molar refractivity (Wildman–Crippen MR) is 165 cm³/mol. The van der Waals surface area contributed by atoms with Gasteiger partial charge in [-0.05, 0) is 25.0 Å². The third-order valence-corrected chi connectivity index (χ3v) is 7.61. The monoisotopic (exact) mass is 696 g/mol. The Morgan fingerprint density at radius 2 is 1.16 bits per heavy atom. The number of nitrogens with zero attached hydrogens (tertiary/aromatic N) is 4. The van der Waals surface area contributed by atoms with Crippen LogP contribution in [0.25, 0.3) is 0 Å². The van der Waals surface area contributed by atoms with E-state index in [9.17, 15) is 35.9 Å². The number of alkyl halides is 6. The highest BCUT2D eigenvalue weighted by atomic mass is 19.4. The SMILES string of the molecule is CCO.CCOC(=O)c1cnn2c1NC(c1ccccc1)CC2C(F)(F)F.O=C(O)c1cnn2c1NC(c1ccccc1)CC2C(F)(F)F. The molecule has 0 saturated carbocycles. The Kier molecular flexibility index (Phi) is 11.6. The van der Waals surface area contributed by atoms with E-state index < -0.39 is 48.5 Å². The average molecular weight is 697 g/mol. The maximum Gasteiger partial charge on any atom is 0.410 e. The molecule has 264 valence electrons. The van der Waals surface area contributed by atoms with Crippen molar-refractivity contribution in [1.29, 1.82) is 0 Å². The molecule has 0 bridgehead atoms. The van der Waals surface area contributed by atoms with Crippen molar-refractivity contribution in [2.75, 3.05) is 23.8 Å². The molecule has 0 radical (unpaired) electrons. The summed E-state index contributed by atoms with van der Waals surface area (Å²) >= 11 is 0. The van der Waals surface area contributed by atoms with Gasteiger partial charge in [0.25, 0.3) is 0 Å². The number of halogens is 6. The molecular formula is C32H34F6N6O5. The molecule has 49 heavy (non-hydrogen) atoms. The second-order valence-electron chi connectivity index (χ2n) is 10.8. The van der Waals surface area contributed by atoms with E-state index in [1.165, 1.54) is 0 Å². The number of hydrogen-bond acceptors (Lipinski definition) is 8. The Morgan fingerprint density at radius 1 is 0.776 bits per heavy atom. The molecule has 17 heteroatoms. The fourth-order valence-corrected chi connectivity index (χ4v) is 5.45. The van der Waals surface area contributed by atoms with E-state index in [2.05, 4.69) is 20.8 Å². The van der Waals surface area contributed by atoms with Crippen molar-refractivity contribution in [3.8, 4) is 0 Å². The summed E-state index contributed by atoms with van der Waals surface area (Å²) in [6.45, 7) is 3.70. The number of rotatable bonds is 5. The first kappa shape index (κ1) is 36.8. The van der Waals surface area contributed by atoms with Gasteiger partial charge in [0.15, 0.2) is 12.1 Å². The number of carboxylic acid groups (broad SMARTS) is 1. The lowest BCUT2D eigenvalue weighted by Crippen LogP contribution is -2.36. The second-order valence-corrected chi connectivity index (χ2v) is 10.8. The average Bonchev–Trinajstić information content (AvgIpc) is 3.69. The highest BCUT2D eigenvalue weighted by Gasteiger charge is 2.48. The smallest absolute Gasteiger partial charge is 0.410 e.